The van der Waals surface area contributed by atoms with E-state index in [9.17, 15) is 4.39 Å². The van der Waals surface area contributed by atoms with Crippen molar-refractivity contribution in [2.75, 3.05) is 29.5 Å². The van der Waals surface area contributed by atoms with Crippen LogP contribution in [0.25, 0.3) is 0 Å². The summed E-state index contributed by atoms with van der Waals surface area (Å²) in [5.41, 5.74) is 6.80. The molecule has 1 atom stereocenters. The number of anilines is 3. The summed E-state index contributed by atoms with van der Waals surface area (Å²) in [6.07, 6.45) is 1.02. The smallest absolute Gasteiger partial charge is 0.223 e. The molecule has 0 aliphatic carbocycles. The van der Waals surface area contributed by atoms with Crippen molar-refractivity contribution in [3.63, 3.8) is 0 Å². The van der Waals surface area contributed by atoms with Crippen LogP contribution in [0.2, 0.25) is 0 Å². The Labute approximate surface area is 116 Å². The van der Waals surface area contributed by atoms with E-state index in [0.717, 1.165) is 24.3 Å². The van der Waals surface area contributed by atoms with Crippen molar-refractivity contribution in [3.8, 4) is 0 Å². The molecule has 3 N–H and O–H groups in total. The number of hydrogen-bond donors (Lipinski definition) is 2. The van der Waals surface area contributed by atoms with E-state index in [2.05, 4.69) is 20.2 Å². The SMILES string of the molecule is CNc1cc(N2CCC2c2ccc(F)cc2)nc(N)n1. The molecule has 0 bridgehead atoms. The number of halogens is 1. The van der Waals surface area contributed by atoms with Gasteiger partial charge in [0.25, 0.3) is 0 Å². The molecule has 1 unspecified atom stereocenters. The summed E-state index contributed by atoms with van der Waals surface area (Å²) < 4.78 is 13.0. The third-order valence-electron chi connectivity index (χ3n) is 3.55. The Kier molecular flexibility index (Phi) is 3.14. The van der Waals surface area contributed by atoms with Crippen molar-refractivity contribution < 1.29 is 4.39 Å². The van der Waals surface area contributed by atoms with Crippen molar-refractivity contribution in [1.29, 1.82) is 0 Å². The molecular weight excluding hydrogens is 257 g/mol. The van der Waals surface area contributed by atoms with Crippen LogP contribution in [-0.2, 0) is 0 Å². The molecule has 1 saturated heterocycles. The highest BCUT2D eigenvalue weighted by Crippen LogP contribution is 2.37. The van der Waals surface area contributed by atoms with Crippen molar-refractivity contribution in [2.24, 2.45) is 0 Å². The molecule has 0 spiro atoms. The normalized spacial score (nSPS) is 17.7. The molecule has 2 aromatic rings. The number of aromatic nitrogens is 2. The number of nitrogens with two attached hydrogens (primary N) is 1. The molecule has 20 heavy (non-hydrogen) atoms. The maximum Gasteiger partial charge on any atom is 0.223 e. The molecule has 0 saturated carbocycles. The molecule has 104 valence electrons. The van der Waals surface area contributed by atoms with Crippen molar-refractivity contribution in [3.05, 3.63) is 41.7 Å². The third kappa shape index (κ3) is 2.24. The zero-order valence-electron chi connectivity index (χ0n) is 11.2. The first-order valence-corrected chi connectivity index (χ1v) is 6.52. The Bertz CT molecular complexity index is 613. The molecule has 1 aliphatic heterocycles. The summed E-state index contributed by atoms with van der Waals surface area (Å²) in [5, 5.41) is 2.97. The third-order valence-corrected chi connectivity index (χ3v) is 3.55. The quantitative estimate of drug-likeness (QED) is 0.897. The summed E-state index contributed by atoms with van der Waals surface area (Å²) in [4.78, 5) is 10.5. The standard InChI is InChI=1S/C14H16FN5/c1-17-12-8-13(19-14(16)18-12)20-7-6-11(20)9-2-4-10(15)5-3-9/h2-5,8,11H,6-7H2,1H3,(H3,16,17,18,19). The first-order chi connectivity index (χ1) is 9.67. The second-order valence-electron chi connectivity index (χ2n) is 4.77. The van der Waals surface area contributed by atoms with Crippen molar-refractivity contribution >= 4 is 17.6 Å². The first-order valence-electron chi connectivity index (χ1n) is 6.52. The maximum absolute atomic E-state index is 13.0. The number of nitrogens with zero attached hydrogens (tertiary/aromatic N) is 3. The minimum Gasteiger partial charge on any atom is -0.373 e. The van der Waals surface area contributed by atoms with E-state index < -0.39 is 0 Å². The highest BCUT2D eigenvalue weighted by atomic mass is 19.1. The lowest BCUT2D eigenvalue weighted by atomic mass is 9.95. The molecule has 2 heterocycles. The molecular formula is C14H16FN5. The minimum absolute atomic E-state index is 0.217. The van der Waals surface area contributed by atoms with Gasteiger partial charge < -0.3 is 16.0 Å². The number of benzene rings is 1. The fourth-order valence-electron chi connectivity index (χ4n) is 2.42. The van der Waals surface area contributed by atoms with E-state index in [1.807, 2.05) is 18.2 Å². The van der Waals surface area contributed by atoms with E-state index in [1.165, 1.54) is 12.1 Å². The molecule has 0 radical (unpaired) electrons. The van der Waals surface area contributed by atoms with Crippen molar-refractivity contribution in [1.82, 2.24) is 9.97 Å². The fourth-order valence-corrected chi connectivity index (χ4v) is 2.42. The molecule has 6 heteroatoms. The molecule has 0 amide bonds. The lowest BCUT2D eigenvalue weighted by Gasteiger charge is -2.42. The molecule has 1 fully saturated rings. The fraction of sp³-hybridized carbons (Fsp3) is 0.286. The average molecular weight is 273 g/mol. The lowest BCUT2D eigenvalue weighted by molar-refractivity contribution is 0.460. The first kappa shape index (κ1) is 12.7. The van der Waals surface area contributed by atoms with Crippen LogP contribution in [0.5, 0.6) is 0 Å². The van der Waals surface area contributed by atoms with Crippen LogP contribution in [0.3, 0.4) is 0 Å². The van der Waals surface area contributed by atoms with Crippen molar-refractivity contribution in [2.45, 2.75) is 12.5 Å². The number of nitrogens with one attached hydrogen (secondary N) is 1. The van der Waals surface area contributed by atoms with Gasteiger partial charge in [-0.3, -0.25) is 0 Å². The second-order valence-corrected chi connectivity index (χ2v) is 4.77. The Morgan fingerprint density at radius 2 is 2.05 bits per heavy atom. The van der Waals surface area contributed by atoms with Gasteiger partial charge in [-0.25, -0.2) is 4.39 Å². The lowest BCUT2D eigenvalue weighted by Crippen LogP contribution is -2.41. The Morgan fingerprint density at radius 3 is 2.65 bits per heavy atom. The summed E-state index contributed by atoms with van der Waals surface area (Å²) in [7, 11) is 1.79. The highest BCUT2D eigenvalue weighted by Gasteiger charge is 2.30. The Morgan fingerprint density at radius 1 is 1.30 bits per heavy atom. The number of rotatable bonds is 3. The van der Waals surface area contributed by atoms with Crippen LogP contribution in [0.4, 0.5) is 22.0 Å². The summed E-state index contributed by atoms with van der Waals surface area (Å²) >= 11 is 0. The van der Waals surface area contributed by atoms with Gasteiger partial charge in [-0.2, -0.15) is 9.97 Å². The number of hydrogen-bond acceptors (Lipinski definition) is 5. The Balaban J connectivity index is 1.87. The van der Waals surface area contributed by atoms with Crippen LogP contribution < -0.4 is 16.0 Å². The zero-order chi connectivity index (χ0) is 14.1. The maximum atomic E-state index is 13.0. The Hall–Kier alpha value is -2.37. The van der Waals surface area contributed by atoms with E-state index >= 15 is 0 Å². The van der Waals surface area contributed by atoms with Crippen LogP contribution in [0.1, 0.15) is 18.0 Å². The molecule has 1 aliphatic rings. The zero-order valence-corrected chi connectivity index (χ0v) is 11.2. The van der Waals surface area contributed by atoms with E-state index in [1.54, 1.807) is 7.05 Å². The van der Waals surface area contributed by atoms with Crippen LogP contribution in [-0.4, -0.2) is 23.6 Å². The van der Waals surface area contributed by atoms with E-state index in [-0.39, 0.29) is 17.8 Å². The summed E-state index contributed by atoms with van der Waals surface area (Å²) in [6, 6.07) is 8.69. The second kappa shape index (κ2) is 4.96. The molecule has 3 rings (SSSR count). The molecule has 1 aromatic carbocycles. The molecule has 5 nitrogen and oxygen atoms in total. The van der Waals surface area contributed by atoms with Gasteiger partial charge in [-0.1, -0.05) is 12.1 Å². The van der Waals surface area contributed by atoms with Gasteiger partial charge in [-0.15, -0.1) is 0 Å². The van der Waals surface area contributed by atoms with Gasteiger partial charge in [0, 0.05) is 19.7 Å². The summed E-state index contributed by atoms with van der Waals surface area (Å²) in [5.74, 6) is 1.51. The van der Waals surface area contributed by atoms with Gasteiger partial charge in [0.1, 0.15) is 17.5 Å². The topological polar surface area (TPSA) is 67.1 Å². The highest BCUT2D eigenvalue weighted by molar-refractivity contribution is 5.55. The van der Waals surface area contributed by atoms with Crippen LogP contribution >= 0.6 is 0 Å². The molecule has 1 aromatic heterocycles. The summed E-state index contributed by atoms with van der Waals surface area (Å²) in [6.45, 7) is 0.904. The van der Waals surface area contributed by atoms with E-state index in [4.69, 9.17) is 5.73 Å². The monoisotopic (exact) mass is 273 g/mol. The predicted octanol–water partition coefficient (Wildman–Crippen LogP) is 2.19. The van der Waals surface area contributed by atoms with Gasteiger partial charge in [0.2, 0.25) is 5.95 Å². The minimum atomic E-state index is -0.219. The van der Waals surface area contributed by atoms with E-state index in [0.29, 0.717) is 5.82 Å². The average Bonchev–Trinajstić information content (AvgIpc) is 2.39. The van der Waals surface area contributed by atoms with Crippen LogP contribution in [0.15, 0.2) is 30.3 Å². The van der Waals surface area contributed by atoms with Gasteiger partial charge in [0.15, 0.2) is 0 Å². The number of nitrogen functional groups attached to an aromatic ring is 1. The predicted molar refractivity (Wildman–Crippen MR) is 77.1 cm³/mol. The van der Waals surface area contributed by atoms with Crippen LogP contribution in [0, 0.1) is 5.82 Å². The largest absolute Gasteiger partial charge is 0.373 e. The van der Waals surface area contributed by atoms with Gasteiger partial charge in [-0.05, 0) is 24.1 Å². The van der Waals surface area contributed by atoms with Gasteiger partial charge >= 0.3 is 0 Å². The van der Waals surface area contributed by atoms with Gasteiger partial charge in [0.05, 0.1) is 6.04 Å².